The number of pyridine rings is 1. The molecule has 0 aliphatic rings. The van der Waals surface area contributed by atoms with Gasteiger partial charge in [0.1, 0.15) is 0 Å². The molecule has 1 aromatic rings. The maximum Gasteiger partial charge on any atom is 0.239 e. The second-order valence-corrected chi connectivity index (χ2v) is 3.12. The highest BCUT2D eigenvalue weighted by Gasteiger charge is 2.11. The first kappa shape index (κ1) is 10.6. The highest BCUT2D eigenvalue weighted by atomic mass is 19.1. The van der Waals surface area contributed by atoms with E-state index in [0.717, 1.165) is 12.1 Å². The number of nitrogens with one attached hydrogen (secondary N) is 1. The second-order valence-electron chi connectivity index (χ2n) is 3.12. The molecule has 5 heteroatoms. The van der Waals surface area contributed by atoms with E-state index in [0.29, 0.717) is 0 Å². The fraction of sp³-hybridized carbons (Fsp3) is 0.333. The van der Waals surface area contributed by atoms with Crippen LogP contribution in [0.5, 0.6) is 0 Å². The lowest BCUT2D eigenvalue weighted by Gasteiger charge is -2.07. The highest BCUT2D eigenvalue weighted by molar-refractivity contribution is 5.91. The van der Waals surface area contributed by atoms with Crippen LogP contribution in [0.3, 0.4) is 0 Å². The Hall–Kier alpha value is -1.52. The fourth-order valence-electron chi connectivity index (χ4n) is 0.782. The first-order valence-electron chi connectivity index (χ1n) is 4.13. The third-order valence-corrected chi connectivity index (χ3v) is 1.60. The molecule has 1 aromatic heterocycles. The molecule has 14 heavy (non-hydrogen) atoms. The molecule has 1 rings (SSSR count). The van der Waals surface area contributed by atoms with Gasteiger partial charge in [0.25, 0.3) is 0 Å². The summed E-state index contributed by atoms with van der Waals surface area (Å²) in [4.78, 5) is 14.1. The predicted octanol–water partition coefficient (Wildman–Crippen LogP) is 1.95. The van der Waals surface area contributed by atoms with Crippen molar-refractivity contribution in [2.24, 2.45) is 5.92 Å². The minimum absolute atomic E-state index is 0.106. The summed E-state index contributed by atoms with van der Waals surface area (Å²) in [5.74, 6) is -2.53. The van der Waals surface area contributed by atoms with Crippen LogP contribution in [0.1, 0.15) is 13.8 Å². The van der Waals surface area contributed by atoms with Crippen LogP contribution >= 0.6 is 0 Å². The molecular formula is C9H10F2N2O. The van der Waals surface area contributed by atoms with Crippen molar-refractivity contribution in [3.8, 4) is 0 Å². The summed E-state index contributed by atoms with van der Waals surface area (Å²) in [7, 11) is 0. The molecule has 0 unspecified atom stereocenters. The number of aromatic nitrogens is 1. The van der Waals surface area contributed by atoms with Gasteiger partial charge in [-0.15, -0.1) is 0 Å². The zero-order valence-corrected chi connectivity index (χ0v) is 7.84. The lowest BCUT2D eigenvalue weighted by molar-refractivity contribution is -0.118. The van der Waals surface area contributed by atoms with Gasteiger partial charge in [-0.2, -0.15) is 13.8 Å². The molecule has 0 saturated heterocycles. The summed E-state index contributed by atoms with van der Waals surface area (Å²) in [5.41, 5.74) is -0.106. The molecule has 1 N–H and O–H groups in total. The van der Waals surface area contributed by atoms with Crippen molar-refractivity contribution in [3.05, 3.63) is 24.0 Å². The number of nitrogens with zero attached hydrogens (tertiary/aromatic N) is 1. The van der Waals surface area contributed by atoms with Crippen molar-refractivity contribution < 1.29 is 13.6 Å². The SMILES string of the molecule is CC(C)C(=O)Nc1ccc(F)nc1F. The van der Waals surface area contributed by atoms with Gasteiger partial charge in [-0.3, -0.25) is 4.79 Å². The lowest BCUT2D eigenvalue weighted by atomic mass is 10.2. The van der Waals surface area contributed by atoms with Crippen molar-refractivity contribution >= 4 is 11.6 Å². The number of rotatable bonds is 2. The van der Waals surface area contributed by atoms with Crippen LogP contribution in [0.15, 0.2) is 12.1 Å². The Balaban J connectivity index is 2.82. The number of hydrogen-bond acceptors (Lipinski definition) is 2. The van der Waals surface area contributed by atoms with Crippen molar-refractivity contribution in [1.82, 2.24) is 4.98 Å². The number of anilines is 1. The normalized spacial score (nSPS) is 10.4. The number of hydrogen-bond donors (Lipinski definition) is 1. The predicted molar refractivity (Wildman–Crippen MR) is 47.6 cm³/mol. The minimum Gasteiger partial charge on any atom is -0.322 e. The first-order valence-corrected chi connectivity index (χ1v) is 4.13. The molecule has 0 spiro atoms. The largest absolute Gasteiger partial charge is 0.322 e. The molecule has 0 aliphatic heterocycles. The molecule has 0 aromatic carbocycles. The Bertz CT molecular complexity index is 353. The number of amides is 1. The van der Waals surface area contributed by atoms with E-state index in [2.05, 4.69) is 10.3 Å². The Morgan fingerprint density at radius 1 is 1.43 bits per heavy atom. The van der Waals surface area contributed by atoms with Gasteiger partial charge in [0, 0.05) is 5.92 Å². The second kappa shape index (κ2) is 4.13. The number of carbonyl (C=O) groups is 1. The molecule has 0 bridgehead atoms. The van der Waals surface area contributed by atoms with E-state index < -0.39 is 11.9 Å². The third-order valence-electron chi connectivity index (χ3n) is 1.60. The molecule has 76 valence electrons. The summed E-state index contributed by atoms with van der Waals surface area (Å²) in [6.07, 6.45) is 0. The van der Waals surface area contributed by atoms with E-state index in [4.69, 9.17) is 0 Å². The summed E-state index contributed by atoms with van der Waals surface area (Å²) in [5, 5.41) is 2.29. The van der Waals surface area contributed by atoms with Gasteiger partial charge in [0.15, 0.2) is 0 Å². The molecule has 0 radical (unpaired) electrons. The van der Waals surface area contributed by atoms with Crippen LogP contribution < -0.4 is 5.32 Å². The van der Waals surface area contributed by atoms with Crippen LogP contribution in [0.4, 0.5) is 14.5 Å². The van der Waals surface area contributed by atoms with E-state index in [1.54, 1.807) is 13.8 Å². The summed E-state index contributed by atoms with van der Waals surface area (Å²) in [6, 6.07) is 2.12. The van der Waals surface area contributed by atoms with Crippen LogP contribution in [0.25, 0.3) is 0 Å². The topological polar surface area (TPSA) is 42.0 Å². The molecule has 1 heterocycles. The van der Waals surface area contributed by atoms with E-state index in [-0.39, 0.29) is 17.5 Å². The van der Waals surface area contributed by atoms with E-state index in [1.807, 2.05) is 0 Å². The van der Waals surface area contributed by atoms with Crippen LogP contribution in [0, 0.1) is 17.8 Å². The van der Waals surface area contributed by atoms with Gasteiger partial charge < -0.3 is 5.32 Å². The maximum absolute atomic E-state index is 12.9. The Morgan fingerprint density at radius 3 is 2.57 bits per heavy atom. The van der Waals surface area contributed by atoms with Crippen LogP contribution in [0.2, 0.25) is 0 Å². The first-order chi connectivity index (χ1) is 6.50. The number of halogens is 2. The van der Waals surface area contributed by atoms with E-state index in [1.165, 1.54) is 0 Å². The van der Waals surface area contributed by atoms with E-state index in [9.17, 15) is 13.6 Å². The van der Waals surface area contributed by atoms with Gasteiger partial charge in [0.05, 0.1) is 5.69 Å². The monoisotopic (exact) mass is 200 g/mol. The van der Waals surface area contributed by atoms with Crippen molar-refractivity contribution in [1.29, 1.82) is 0 Å². The molecule has 0 aliphatic carbocycles. The van der Waals surface area contributed by atoms with E-state index >= 15 is 0 Å². The van der Waals surface area contributed by atoms with Crippen LogP contribution in [-0.2, 0) is 4.79 Å². The molecule has 3 nitrogen and oxygen atoms in total. The Morgan fingerprint density at radius 2 is 2.07 bits per heavy atom. The van der Waals surface area contributed by atoms with Crippen molar-refractivity contribution in [2.45, 2.75) is 13.8 Å². The average Bonchev–Trinajstić information content (AvgIpc) is 2.09. The van der Waals surface area contributed by atoms with Gasteiger partial charge in [-0.1, -0.05) is 13.8 Å². The Labute approximate surface area is 80.2 Å². The third kappa shape index (κ3) is 2.48. The summed E-state index contributed by atoms with van der Waals surface area (Å²) >= 11 is 0. The lowest BCUT2D eigenvalue weighted by Crippen LogP contribution is -2.18. The molecule has 0 fully saturated rings. The average molecular weight is 200 g/mol. The summed E-state index contributed by atoms with van der Waals surface area (Å²) in [6.45, 7) is 3.34. The quantitative estimate of drug-likeness (QED) is 0.741. The van der Waals surface area contributed by atoms with Crippen molar-refractivity contribution in [2.75, 3.05) is 5.32 Å². The number of carbonyl (C=O) groups excluding carboxylic acids is 1. The minimum atomic E-state index is -1.01. The molecule has 1 amide bonds. The van der Waals surface area contributed by atoms with Gasteiger partial charge in [-0.05, 0) is 12.1 Å². The fourth-order valence-corrected chi connectivity index (χ4v) is 0.782. The highest BCUT2D eigenvalue weighted by Crippen LogP contribution is 2.12. The van der Waals surface area contributed by atoms with Crippen LogP contribution in [-0.4, -0.2) is 10.9 Å². The molecular weight excluding hydrogens is 190 g/mol. The smallest absolute Gasteiger partial charge is 0.239 e. The molecule has 0 atom stereocenters. The van der Waals surface area contributed by atoms with Gasteiger partial charge >= 0.3 is 0 Å². The Kier molecular flexibility index (Phi) is 3.11. The zero-order valence-electron chi connectivity index (χ0n) is 7.84. The van der Waals surface area contributed by atoms with Gasteiger partial charge in [0.2, 0.25) is 17.8 Å². The molecule has 0 saturated carbocycles. The summed E-state index contributed by atoms with van der Waals surface area (Å²) < 4.78 is 25.3. The zero-order chi connectivity index (χ0) is 10.7. The van der Waals surface area contributed by atoms with Gasteiger partial charge in [-0.25, -0.2) is 0 Å². The maximum atomic E-state index is 12.9. The standard InChI is InChI=1S/C9H10F2N2O/c1-5(2)9(14)12-6-3-4-7(10)13-8(6)11/h3-5H,1-2H3,(H,12,14). The van der Waals surface area contributed by atoms with Crippen molar-refractivity contribution in [3.63, 3.8) is 0 Å².